The van der Waals surface area contributed by atoms with Crippen molar-refractivity contribution in [2.24, 2.45) is 0 Å². The van der Waals surface area contributed by atoms with E-state index in [0.717, 1.165) is 24.8 Å². The van der Waals surface area contributed by atoms with E-state index in [1.165, 1.54) is 12.1 Å². The lowest BCUT2D eigenvalue weighted by molar-refractivity contribution is -0.387. The topological polar surface area (TPSA) is 80.5 Å². The predicted octanol–water partition coefficient (Wildman–Crippen LogP) is 2.38. The van der Waals surface area contributed by atoms with E-state index in [4.69, 9.17) is 0 Å². The molecule has 0 aliphatic carbocycles. The highest BCUT2D eigenvalue weighted by Gasteiger charge is 2.30. The molecule has 2 atom stereocenters. The highest BCUT2D eigenvalue weighted by atomic mass is 32.2. The van der Waals surface area contributed by atoms with E-state index in [1.54, 1.807) is 6.07 Å². The summed E-state index contributed by atoms with van der Waals surface area (Å²) in [5.74, 6) is 0. The number of benzene rings is 1. The molecule has 1 fully saturated rings. The molecule has 1 saturated heterocycles. The maximum absolute atomic E-state index is 11.8. The molecule has 0 amide bonds. The van der Waals surface area contributed by atoms with Crippen LogP contribution in [0.3, 0.4) is 0 Å². The first-order valence-electron chi connectivity index (χ1n) is 6.48. The summed E-state index contributed by atoms with van der Waals surface area (Å²) < 4.78 is 23.5. The van der Waals surface area contributed by atoms with Crippen LogP contribution in [0.25, 0.3) is 0 Å². The van der Waals surface area contributed by atoms with Gasteiger partial charge in [0.05, 0.1) is 4.92 Å². The number of hydrogen-bond donors (Lipinski definition) is 0. The van der Waals surface area contributed by atoms with Crippen LogP contribution in [0.5, 0.6) is 0 Å². The zero-order chi connectivity index (χ0) is 15.1. The van der Waals surface area contributed by atoms with Crippen molar-refractivity contribution < 1.29 is 13.3 Å². The van der Waals surface area contributed by atoms with Crippen LogP contribution in [-0.2, 0) is 9.84 Å². The molecular formula is C13H18N2O4S. The number of sulfone groups is 1. The lowest BCUT2D eigenvalue weighted by Crippen LogP contribution is -2.32. The first kappa shape index (κ1) is 14.8. The molecule has 6 nitrogen and oxygen atoms in total. The van der Waals surface area contributed by atoms with Gasteiger partial charge in [-0.25, -0.2) is 8.42 Å². The van der Waals surface area contributed by atoms with E-state index in [0.29, 0.717) is 12.1 Å². The van der Waals surface area contributed by atoms with Crippen LogP contribution in [0.1, 0.15) is 26.7 Å². The van der Waals surface area contributed by atoms with Crippen LogP contribution in [-0.4, -0.2) is 31.7 Å². The molecule has 0 bridgehead atoms. The number of nitrogens with zero attached hydrogens (tertiary/aromatic N) is 2. The number of hydrogen-bond acceptors (Lipinski definition) is 5. The van der Waals surface area contributed by atoms with Gasteiger partial charge in [-0.2, -0.15) is 0 Å². The molecule has 1 aromatic carbocycles. The minimum atomic E-state index is -3.63. The fraction of sp³-hybridized carbons (Fsp3) is 0.538. The molecular weight excluding hydrogens is 280 g/mol. The highest BCUT2D eigenvalue weighted by molar-refractivity contribution is 7.90. The summed E-state index contributed by atoms with van der Waals surface area (Å²) in [5, 5.41) is 11.0. The van der Waals surface area contributed by atoms with E-state index in [9.17, 15) is 18.5 Å². The van der Waals surface area contributed by atoms with Gasteiger partial charge in [0.25, 0.3) is 5.69 Å². The van der Waals surface area contributed by atoms with Crippen molar-refractivity contribution in [3.8, 4) is 0 Å². The molecule has 0 unspecified atom stereocenters. The van der Waals surface area contributed by atoms with Gasteiger partial charge in [-0.1, -0.05) is 0 Å². The lowest BCUT2D eigenvalue weighted by Gasteiger charge is -2.28. The summed E-state index contributed by atoms with van der Waals surface area (Å²) in [5.41, 5.74) is 0.365. The fourth-order valence-corrected chi connectivity index (χ4v) is 3.67. The van der Waals surface area contributed by atoms with E-state index >= 15 is 0 Å². The fourth-order valence-electron chi connectivity index (χ4n) is 2.82. The Kier molecular flexibility index (Phi) is 3.73. The second kappa shape index (κ2) is 5.05. The third kappa shape index (κ3) is 2.63. The SMILES string of the molecule is C[C@@H]1CC[C@@H](C)N1c1ccc([N+](=O)[O-])c(S(C)(=O)=O)c1. The Morgan fingerprint density at radius 2 is 1.80 bits per heavy atom. The predicted molar refractivity (Wildman–Crippen MR) is 76.8 cm³/mol. The average Bonchev–Trinajstić information content (AvgIpc) is 2.67. The Morgan fingerprint density at radius 3 is 2.25 bits per heavy atom. The zero-order valence-electron chi connectivity index (χ0n) is 11.7. The first-order valence-corrected chi connectivity index (χ1v) is 8.38. The van der Waals surface area contributed by atoms with Gasteiger partial charge in [0.1, 0.15) is 4.90 Å². The number of rotatable bonds is 3. The minimum Gasteiger partial charge on any atom is -0.366 e. The molecule has 1 heterocycles. The third-order valence-electron chi connectivity index (χ3n) is 3.79. The van der Waals surface area contributed by atoms with Gasteiger partial charge < -0.3 is 4.90 Å². The molecule has 0 spiro atoms. The maximum Gasteiger partial charge on any atom is 0.288 e. The van der Waals surface area contributed by atoms with Crippen molar-refractivity contribution in [3.63, 3.8) is 0 Å². The Morgan fingerprint density at radius 1 is 1.25 bits per heavy atom. The summed E-state index contributed by atoms with van der Waals surface area (Å²) in [6, 6.07) is 4.94. The Bertz CT molecular complexity index is 632. The monoisotopic (exact) mass is 298 g/mol. The third-order valence-corrected chi connectivity index (χ3v) is 4.92. The molecule has 7 heteroatoms. The molecule has 0 N–H and O–H groups in total. The van der Waals surface area contributed by atoms with Gasteiger partial charge in [0.15, 0.2) is 9.84 Å². The average molecular weight is 298 g/mol. The summed E-state index contributed by atoms with van der Waals surface area (Å²) >= 11 is 0. The van der Waals surface area contributed by atoms with Gasteiger partial charge in [0, 0.05) is 30.1 Å². The molecule has 1 aromatic rings. The van der Waals surface area contributed by atoms with Crippen LogP contribution in [0.2, 0.25) is 0 Å². The molecule has 110 valence electrons. The Labute approximate surface area is 118 Å². The van der Waals surface area contributed by atoms with Crippen molar-refractivity contribution in [1.82, 2.24) is 0 Å². The first-order chi connectivity index (χ1) is 9.21. The van der Waals surface area contributed by atoms with Crippen molar-refractivity contribution >= 4 is 21.2 Å². The molecule has 1 aliphatic heterocycles. The largest absolute Gasteiger partial charge is 0.366 e. The van der Waals surface area contributed by atoms with Gasteiger partial charge in [-0.05, 0) is 38.8 Å². The van der Waals surface area contributed by atoms with Crippen LogP contribution >= 0.6 is 0 Å². The Hall–Kier alpha value is -1.63. The van der Waals surface area contributed by atoms with E-state index in [2.05, 4.69) is 18.7 Å². The van der Waals surface area contributed by atoms with Crippen LogP contribution < -0.4 is 4.90 Å². The molecule has 20 heavy (non-hydrogen) atoms. The smallest absolute Gasteiger partial charge is 0.288 e. The van der Waals surface area contributed by atoms with Crippen LogP contribution in [0.4, 0.5) is 11.4 Å². The summed E-state index contributed by atoms with van der Waals surface area (Å²) in [6.45, 7) is 4.15. The number of nitro benzene ring substituents is 1. The van der Waals surface area contributed by atoms with Crippen LogP contribution in [0.15, 0.2) is 23.1 Å². The van der Waals surface area contributed by atoms with Gasteiger partial charge in [0.2, 0.25) is 0 Å². The zero-order valence-corrected chi connectivity index (χ0v) is 12.6. The minimum absolute atomic E-state index is 0.216. The van der Waals surface area contributed by atoms with Crippen LogP contribution in [0, 0.1) is 10.1 Å². The second-order valence-corrected chi connectivity index (χ2v) is 7.35. The van der Waals surface area contributed by atoms with E-state index in [-0.39, 0.29) is 10.6 Å². The van der Waals surface area contributed by atoms with Crippen molar-refractivity contribution in [3.05, 3.63) is 28.3 Å². The van der Waals surface area contributed by atoms with Gasteiger partial charge in [-0.15, -0.1) is 0 Å². The summed E-state index contributed by atoms with van der Waals surface area (Å²) in [6.07, 6.45) is 3.06. The van der Waals surface area contributed by atoms with E-state index in [1.807, 2.05) is 0 Å². The molecule has 1 aliphatic rings. The maximum atomic E-state index is 11.8. The summed E-state index contributed by atoms with van der Waals surface area (Å²) in [4.78, 5) is 12.2. The number of nitro groups is 1. The summed E-state index contributed by atoms with van der Waals surface area (Å²) in [7, 11) is -3.63. The van der Waals surface area contributed by atoms with E-state index < -0.39 is 14.8 Å². The normalized spacial score (nSPS) is 23.1. The lowest BCUT2D eigenvalue weighted by atomic mass is 10.2. The van der Waals surface area contributed by atoms with Gasteiger partial charge >= 0.3 is 0 Å². The quantitative estimate of drug-likeness (QED) is 0.632. The molecule has 0 saturated carbocycles. The van der Waals surface area contributed by atoms with Gasteiger partial charge in [-0.3, -0.25) is 10.1 Å². The Balaban J connectivity index is 2.56. The van der Waals surface area contributed by atoms with Crippen molar-refractivity contribution in [2.75, 3.05) is 11.2 Å². The highest BCUT2D eigenvalue weighted by Crippen LogP contribution is 2.34. The van der Waals surface area contributed by atoms with Crippen molar-refractivity contribution in [2.45, 2.75) is 43.7 Å². The standard InChI is InChI=1S/C13H18N2O4S/c1-9-4-5-10(2)14(9)11-6-7-12(15(16)17)13(8-11)20(3,18)19/h6-10H,4-5H2,1-3H3/t9-,10-/m1/s1. The number of anilines is 1. The second-order valence-electron chi connectivity index (χ2n) is 5.36. The molecule has 0 aromatic heterocycles. The molecule has 0 radical (unpaired) electrons. The molecule has 2 rings (SSSR count). The van der Waals surface area contributed by atoms with Crippen molar-refractivity contribution in [1.29, 1.82) is 0 Å².